The van der Waals surface area contributed by atoms with Crippen LogP contribution in [0.5, 0.6) is 0 Å². The number of aliphatic hydroxyl groups excluding tert-OH is 1. The number of anilines is 1. The molecule has 0 spiro atoms. The van der Waals surface area contributed by atoms with Crippen molar-refractivity contribution in [3.8, 4) is 0 Å². The molecule has 2 unspecified atom stereocenters. The molecule has 0 saturated carbocycles. The van der Waals surface area contributed by atoms with E-state index in [9.17, 15) is 19.1 Å². The maximum atomic E-state index is 11.7. The number of hydrogen-bond acceptors (Lipinski definition) is 9. The number of hydrogen-bond donors (Lipinski definition) is 5. The Morgan fingerprint density at radius 3 is 2.60 bits per heavy atom. The molecule has 0 bridgehead atoms. The molecule has 140 valence electrons. The first kappa shape index (κ1) is 19.7. The van der Waals surface area contributed by atoms with Gasteiger partial charge in [0.25, 0.3) is 0 Å². The van der Waals surface area contributed by atoms with Crippen molar-refractivity contribution < 1.29 is 38.5 Å². The van der Waals surface area contributed by atoms with Gasteiger partial charge in [-0.05, 0) is 0 Å². The molecule has 0 amide bonds. The van der Waals surface area contributed by atoms with Gasteiger partial charge in [-0.15, -0.1) is 0 Å². The molecule has 13 nitrogen and oxygen atoms in total. The number of nitrogen functional groups attached to an aromatic ring is 1. The molecule has 2 aromatic heterocycles. The number of aromatic nitrogens is 4. The predicted molar refractivity (Wildman–Crippen MR) is 84.7 cm³/mol. The molecule has 0 aromatic carbocycles. The lowest BCUT2D eigenvalue weighted by molar-refractivity contribution is -0.0308. The Bertz CT molecular complexity index is 823. The van der Waals surface area contributed by atoms with E-state index in [2.05, 4.69) is 15.0 Å². The van der Waals surface area contributed by atoms with Crippen LogP contribution in [0.15, 0.2) is 12.7 Å². The van der Waals surface area contributed by atoms with Gasteiger partial charge < -0.3 is 35.1 Å². The Balaban J connectivity index is 1.95. The van der Waals surface area contributed by atoms with E-state index in [0.717, 1.165) is 4.73 Å². The highest BCUT2D eigenvalue weighted by Crippen LogP contribution is 2.54. The SMILES string of the molecule is Nc1ncnc2c1ncn2OCC(CO)OCP(=O)(O)CP(=O)(O)O. The maximum absolute atomic E-state index is 11.7. The number of nitrogens with zero attached hydrogens (tertiary/aromatic N) is 4. The summed E-state index contributed by atoms with van der Waals surface area (Å²) in [5, 5.41) is 9.24. The lowest BCUT2D eigenvalue weighted by Crippen LogP contribution is -2.30. The number of nitrogens with two attached hydrogens (primary N) is 1. The average Bonchev–Trinajstić information content (AvgIpc) is 2.89. The molecule has 2 aromatic rings. The highest BCUT2D eigenvalue weighted by Gasteiger charge is 2.30. The van der Waals surface area contributed by atoms with Crippen LogP contribution < -0.4 is 10.6 Å². The molecule has 2 rings (SSSR count). The molecule has 0 fully saturated rings. The van der Waals surface area contributed by atoms with E-state index in [1.165, 1.54) is 12.7 Å². The van der Waals surface area contributed by atoms with E-state index in [0.29, 0.717) is 5.52 Å². The minimum absolute atomic E-state index is 0.154. The van der Waals surface area contributed by atoms with E-state index in [4.69, 9.17) is 25.1 Å². The van der Waals surface area contributed by atoms with E-state index in [1.807, 2.05) is 0 Å². The molecular formula is C10H17N5O8P2. The van der Waals surface area contributed by atoms with Gasteiger partial charge in [0.1, 0.15) is 37.6 Å². The number of ether oxygens (including phenoxy) is 1. The smallest absolute Gasteiger partial charge is 0.335 e. The van der Waals surface area contributed by atoms with Crippen molar-refractivity contribution in [1.82, 2.24) is 19.7 Å². The third-order valence-corrected chi connectivity index (χ3v) is 6.65. The number of aliphatic hydroxyl groups is 1. The summed E-state index contributed by atoms with van der Waals surface area (Å²) in [6, 6.07) is 0. The summed E-state index contributed by atoms with van der Waals surface area (Å²) in [6.07, 6.45) is 0.624. The zero-order valence-electron chi connectivity index (χ0n) is 12.7. The Morgan fingerprint density at radius 1 is 1.24 bits per heavy atom. The third kappa shape index (κ3) is 5.72. The molecule has 0 aliphatic rings. The number of imidazole rings is 1. The van der Waals surface area contributed by atoms with Gasteiger partial charge in [-0.2, -0.15) is 4.73 Å². The highest BCUT2D eigenvalue weighted by molar-refractivity contribution is 7.72. The predicted octanol–water partition coefficient (Wildman–Crippen LogP) is -1.42. The Hall–Kier alpha value is -1.59. The molecule has 0 aliphatic heterocycles. The van der Waals surface area contributed by atoms with Crippen LogP contribution in [0, 0.1) is 0 Å². The van der Waals surface area contributed by atoms with Gasteiger partial charge in [-0.1, -0.05) is 0 Å². The summed E-state index contributed by atoms with van der Waals surface area (Å²) in [4.78, 5) is 44.0. The van der Waals surface area contributed by atoms with Crippen LogP contribution in [-0.4, -0.2) is 71.0 Å². The summed E-state index contributed by atoms with van der Waals surface area (Å²) >= 11 is 0. The number of rotatable bonds is 9. The number of fused-ring (bicyclic) bond motifs is 1. The second-order valence-electron chi connectivity index (χ2n) is 5.05. The fourth-order valence-corrected chi connectivity index (χ4v) is 4.87. The highest BCUT2D eigenvalue weighted by atomic mass is 31.2. The van der Waals surface area contributed by atoms with Crippen molar-refractivity contribution in [2.75, 3.05) is 31.2 Å². The van der Waals surface area contributed by atoms with Gasteiger partial charge in [0.15, 0.2) is 11.3 Å². The summed E-state index contributed by atoms with van der Waals surface area (Å²) < 4.78 is 28.6. The fourth-order valence-electron chi connectivity index (χ4n) is 1.79. The zero-order chi connectivity index (χ0) is 18.7. The van der Waals surface area contributed by atoms with E-state index >= 15 is 0 Å². The van der Waals surface area contributed by atoms with Crippen molar-refractivity contribution in [1.29, 1.82) is 0 Å². The molecule has 2 heterocycles. The normalized spacial score (nSPS) is 15.8. The molecule has 0 aliphatic carbocycles. The van der Waals surface area contributed by atoms with Crippen LogP contribution in [0.25, 0.3) is 11.2 Å². The molecule has 2 atom stereocenters. The molecule has 15 heteroatoms. The monoisotopic (exact) mass is 397 g/mol. The molecule has 0 radical (unpaired) electrons. The van der Waals surface area contributed by atoms with E-state index < -0.39 is 39.9 Å². The van der Waals surface area contributed by atoms with Crippen molar-refractivity contribution in [3.05, 3.63) is 12.7 Å². The lowest BCUT2D eigenvalue weighted by atomic mass is 10.4. The fraction of sp³-hybridized carbons (Fsp3) is 0.500. The summed E-state index contributed by atoms with van der Waals surface area (Å²) in [6.45, 7) is -0.804. The van der Waals surface area contributed by atoms with Crippen molar-refractivity contribution in [2.45, 2.75) is 6.10 Å². The van der Waals surface area contributed by atoms with Crippen LogP contribution >= 0.6 is 15.0 Å². The van der Waals surface area contributed by atoms with Crippen molar-refractivity contribution in [3.63, 3.8) is 0 Å². The van der Waals surface area contributed by atoms with E-state index in [1.54, 1.807) is 0 Å². The molecule has 25 heavy (non-hydrogen) atoms. The van der Waals surface area contributed by atoms with Crippen LogP contribution in [0.1, 0.15) is 0 Å². The average molecular weight is 397 g/mol. The minimum Gasteiger partial charge on any atom is -0.408 e. The molecule has 6 N–H and O–H groups in total. The zero-order valence-corrected chi connectivity index (χ0v) is 14.5. The van der Waals surface area contributed by atoms with Crippen LogP contribution in [0.3, 0.4) is 0 Å². The maximum Gasteiger partial charge on any atom is 0.335 e. The summed E-state index contributed by atoms with van der Waals surface area (Å²) in [5.41, 5.74) is 6.21. The second-order valence-corrected chi connectivity index (χ2v) is 9.46. The first-order valence-electron chi connectivity index (χ1n) is 6.76. The van der Waals surface area contributed by atoms with Gasteiger partial charge in [0, 0.05) is 0 Å². The first-order chi connectivity index (χ1) is 11.6. The Morgan fingerprint density at radius 2 is 1.96 bits per heavy atom. The largest absolute Gasteiger partial charge is 0.408 e. The van der Waals surface area contributed by atoms with Gasteiger partial charge in [0.2, 0.25) is 13.0 Å². The Kier molecular flexibility index (Phi) is 6.12. The minimum atomic E-state index is -4.67. The quantitative estimate of drug-likeness (QED) is 0.309. The van der Waals surface area contributed by atoms with Crippen LogP contribution in [-0.2, 0) is 13.9 Å². The van der Waals surface area contributed by atoms with Crippen LogP contribution in [0.4, 0.5) is 5.82 Å². The standard InChI is InChI=1S/C10H17N5O8P2/c11-9-8-10(13-3-12-9)15(4-14-8)23-2-7(1-16)22-5-24(17,18)6-25(19,20)21/h3-4,7,16H,1-2,5-6H2,(H,17,18)(H2,11,12,13)(H2,19,20,21). The van der Waals surface area contributed by atoms with Gasteiger partial charge >= 0.3 is 7.60 Å². The third-order valence-electron chi connectivity index (χ3n) is 2.85. The topological polar surface area (TPSA) is 203 Å². The molecule has 0 saturated heterocycles. The summed E-state index contributed by atoms with van der Waals surface area (Å²) in [5.74, 6) is -1.05. The Labute approximate surface area is 141 Å². The van der Waals surface area contributed by atoms with Crippen molar-refractivity contribution >= 4 is 31.9 Å². The van der Waals surface area contributed by atoms with E-state index in [-0.39, 0.29) is 18.1 Å². The van der Waals surface area contributed by atoms with Crippen molar-refractivity contribution in [2.24, 2.45) is 0 Å². The van der Waals surface area contributed by atoms with Gasteiger partial charge in [0.05, 0.1) is 6.61 Å². The van der Waals surface area contributed by atoms with Gasteiger partial charge in [-0.25, -0.2) is 15.0 Å². The summed E-state index contributed by atoms with van der Waals surface area (Å²) in [7, 11) is -8.89. The van der Waals surface area contributed by atoms with Gasteiger partial charge in [-0.3, -0.25) is 9.13 Å². The lowest BCUT2D eigenvalue weighted by Gasteiger charge is -2.19. The molecular weight excluding hydrogens is 380 g/mol. The second kappa shape index (κ2) is 7.75. The first-order valence-corrected chi connectivity index (χ1v) is 10.6. The van der Waals surface area contributed by atoms with Crippen LogP contribution in [0.2, 0.25) is 0 Å².